The van der Waals surface area contributed by atoms with Gasteiger partial charge in [-0.05, 0) is 0 Å². The minimum Gasteiger partial charge on any atom is -0.378 e. The van der Waals surface area contributed by atoms with Gasteiger partial charge in [-0.2, -0.15) is 0 Å². The summed E-state index contributed by atoms with van der Waals surface area (Å²) < 4.78 is 10.0. The van der Waals surface area contributed by atoms with Crippen molar-refractivity contribution >= 4 is 5.91 Å². The Bertz CT molecular complexity index is 344. The Labute approximate surface area is 87.0 Å². The fourth-order valence-corrected chi connectivity index (χ4v) is 1.44. The average Bonchev–Trinajstić information content (AvgIpc) is 2.78. The molecule has 2 rings (SSSR count). The molecule has 0 aliphatic carbocycles. The minimum atomic E-state index is -0.123. The van der Waals surface area contributed by atoms with Crippen molar-refractivity contribution in [2.45, 2.75) is 6.54 Å². The second-order valence-electron chi connectivity index (χ2n) is 3.29. The minimum absolute atomic E-state index is 0.123. The van der Waals surface area contributed by atoms with Gasteiger partial charge < -0.3 is 19.9 Å². The standard InChI is InChI=1S/C9H13N3O3/c10-6-7-5-8(11-15-7)9(13)12-1-3-14-4-2-12/h5H,1-4,6,10H2. The molecule has 1 saturated heterocycles. The Morgan fingerprint density at radius 2 is 2.27 bits per heavy atom. The molecular weight excluding hydrogens is 198 g/mol. The first-order valence-electron chi connectivity index (χ1n) is 4.84. The van der Waals surface area contributed by atoms with Crippen molar-refractivity contribution in [3.63, 3.8) is 0 Å². The number of morpholine rings is 1. The smallest absolute Gasteiger partial charge is 0.276 e. The molecule has 2 heterocycles. The first-order chi connectivity index (χ1) is 7.31. The molecule has 0 unspecified atom stereocenters. The summed E-state index contributed by atoms with van der Waals surface area (Å²) in [6.07, 6.45) is 0. The van der Waals surface area contributed by atoms with Crippen LogP contribution in [0.4, 0.5) is 0 Å². The largest absolute Gasteiger partial charge is 0.378 e. The zero-order valence-electron chi connectivity index (χ0n) is 8.31. The number of carbonyl (C=O) groups is 1. The first kappa shape index (κ1) is 10.1. The van der Waals surface area contributed by atoms with Crippen molar-refractivity contribution in [1.82, 2.24) is 10.1 Å². The topological polar surface area (TPSA) is 81.6 Å². The molecule has 1 aromatic rings. The van der Waals surface area contributed by atoms with E-state index in [0.717, 1.165) is 0 Å². The molecule has 0 aromatic carbocycles. The van der Waals surface area contributed by atoms with Crippen LogP contribution in [0.15, 0.2) is 10.6 Å². The lowest BCUT2D eigenvalue weighted by Gasteiger charge is -2.25. The SMILES string of the molecule is NCc1cc(C(=O)N2CCOCC2)no1. The third kappa shape index (κ3) is 2.16. The summed E-state index contributed by atoms with van der Waals surface area (Å²) in [6, 6.07) is 1.58. The van der Waals surface area contributed by atoms with Crippen LogP contribution < -0.4 is 5.73 Å². The lowest BCUT2D eigenvalue weighted by atomic mass is 10.3. The highest BCUT2D eigenvalue weighted by Gasteiger charge is 2.21. The van der Waals surface area contributed by atoms with E-state index in [9.17, 15) is 4.79 Å². The Morgan fingerprint density at radius 3 is 2.87 bits per heavy atom. The lowest BCUT2D eigenvalue weighted by molar-refractivity contribution is 0.0296. The molecule has 0 spiro atoms. The molecular formula is C9H13N3O3. The van der Waals surface area contributed by atoms with E-state index in [1.165, 1.54) is 0 Å². The van der Waals surface area contributed by atoms with Gasteiger partial charge in [0.2, 0.25) is 0 Å². The molecule has 2 N–H and O–H groups in total. The van der Waals surface area contributed by atoms with E-state index in [1.54, 1.807) is 11.0 Å². The third-order valence-electron chi connectivity index (χ3n) is 2.28. The summed E-state index contributed by atoms with van der Waals surface area (Å²) in [7, 11) is 0. The van der Waals surface area contributed by atoms with Crippen molar-refractivity contribution in [3.8, 4) is 0 Å². The maximum atomic E-state index is 11.8. The molecule has 6 heteroatoms. The Kier molecular flexibility index (Phi) is 2.98. The number of nitrogens with zero attached hydrogens (tertiary/aromatic N) is 2. The van der Waals surface area contributed by atoms with Crippen LogP contribution in [0.2, 0.25) is 0 Å². The number of nitrogens with two attached hydrogens (primary N) is 1. The van der Waals surface area contributed by atoms with Crippen LogP contribution >= 0.6 is 0 Å². The predicted molar refractivity (Wildman–Crippen MR) is 51.1 cm³/mol. The Balaban J connectivity index is 2.05. The molecule has 1 aromatic heterocycles. The van der Waals surface area contributed by atoms with E-state index in [1.807, 2.05) is 0 Å². The van der Waals surface area contributed by atoms with Crippen molar-refractivity contribution in [2.75, 3.05) is 26.3 Å². The highest BCUT2D eigenvalue weighted by atomic mass is 16.5. The van der Waals surface area contributed by atoms with Crippen LogP contribution in [0.25, 0.3) is 0 Å². The van der Waals surface area contributed by atoms with Gasteiger partial charge in [-0.3, -0.25) is 4.79 Å². The second-order valence-corrected chi connectivity index (χ2v) is 3.29. The van der Waals surface area contributed by atoms with Gasteiger partial charge in [-0.25, -0.2) is 0 Å². The molecule has 6 nitrogen and oxygen atoms in total. The lowest BCUT2D eigenvalue weighted by Crippen LogP contribution is -2.40. The van der Waals surface area contributed by atoms with Crippen molar-refractivity contribution in [2.24, 2.45) is 5.73 Å². The zero-order chi connectivity index (χ0) is 10.7. The second kappa shape index (κ2) is 4.41. The van der Waals surface area contributed by atoms with Crippen LogP contribution in [-0.2, 0) is 11.3 Å². The first-order valence-corrected chi connectivity index (χ1v) is 4.84. The molecule has 0 bridgehead atoms. The molecule has 0 atom stereocenters. The van der Waals surface area contributed by atoms with Crippen LogP contribution in [0, 0.1) is 0 Å². The van der Waals surface area contributed by atoms with Gasteiger partial charge in [0.15, 0.2) is 11.5 Å². The predicted octanol–water partition coefficient (Wildman–Crippen LogP) is -0.394. The van der Waals surface area contributed by atoms with Gasteiger partial charge in [0.25, 0.3) is 5.91 Å². The summed E-state index contributed by atoms with van der Waals surface area (Å²) in [5, 5.41) is 3.68. The monoisotopic (exact) mass is 211 g/mol. The van der Waals surface area contributed by atoms with Gasteiger partial charge in [0, 0.05) is 19.2 Å². The third-order valence-corrected chi connectivity index (χ3v) is 2.28. The number of carbonyl (C=O) groups excluding carboxylic acids is 1. The van der Waals surface area contributed by atoms with E-state index in [-0.39, 0.29) is 12.5 Å². The number of aromatic nitrogens is 1. The highest BCUT2D eigenvalue weighted by molar-refractivity contribution is 5.92. The average molecular weight is 211 g/mol. The molecule has 82 valence electrons. The van der Waals surface area contributed by atoms with E-state index in [0.29, 0.717) is 37.8 Å². The van der Waals surface area contributed by atoms with E-state index in [4.69, 9.17) is 15.0 Å². The fourth-order valence-electron chi connectivity index (χ4n) is 1.44. The summed E-state index contributed by atoms with van der Waals surface area (Å²) in [6.45, 7) is 2.61. The van der Waals surface area contributed by atoms with Crippen molar-refractivity contribution in [3.05, 3.63) is 17.5 Å². The summed E-state index contributed by atoms with van der Waals surface area (Å²) >= 11 is 0. The quantitative estimate of drug-likeness (QED) is 0.720. The highest BCUT2D eigenvalue weighted by Crippen LogP contribution is 2.08. The summed E-state index contributed by atoms with van der Waals surface area (Å²) in [5.41, 5.74) is 5.68. The zero-order valence-corrected chi connectivity index (χ0v) is 8.31. The fraction of sp³-hybridized carbons (Fsp3) is 0.556. The van der Waals surface area contributed by atoms with Crippen molar-refractivity contribution < 1.29 is 14.1 Å². The number of hydrogen-bond donors (Lipinski definition) is 1. The van der Waals surface area contributed by atoms with Crippen LogP contribution in [-0.4, -0.2) is 42.3 Å². The van der Waals surface area contributed by atoms with E-state index >= 15 is 0 Å². The van der Waals surface area contributed by atoms with Crippen molar-refractivity contribution in [1.29, 1.82) is 0 Å². The van der Waals surface area contributed by atoms with Gasteiger partial charge in [-0.1, -0.05) is 5.16 Å². The number of amides is 1. The van der Waals surface area contributed by atoms with Gasteiger partial charge in [0.05, 0.1) is 19.8 Å². The molecule has 0 radical (unpaired) electrons. The Morgan fingerprint density at radius 1 is 1.53 bits per heavy atom. The molecule has 1 aliphatic rings. The number of hydrogen-bond acceptors (Lipinski definition) is 5. The molecule has 1 aliphatic heterocycles. The molecule has 1 fully saturated rings. The maximum absolute atomic E-state index is 11.8. The van der Waals surface area contributed by atoms with Gasteiger partial charge in [0.1, 0.15) is 0 Å². The van der Waals surface area contributed by atoms with Gasteiger partial charge in [-0.15, -0.1) is 0 Å². The summed E-state index contributed by atoms with van der Waals surface area (Å²) in [5.74, 6) is 0.397. The summed E-state index contributed by atoms with van der Waals surface area (Å²) in [4.78, 5) is 13.5. The Hall–Kier alpha value is -1.40. The van der Waals surface area contributed by atoms with E-state index in [2.05, 4.69) is 5.16 Å². The normalized spacial score (nSPS) is 16.7. The van der Waals surface area contributed by atoms with Gasteiger partial charge >= 0.3 is 0 Å². The molecule has 1 amide bonds. The number of rotatable bonds is 2. The maximum Gasteiger partial charge on any atom is 0.276 e. The molecule has 15 heavy (non-hydrogen) atoms. The van der Waals surface area contributed by atoms with Crippen LogP contribution in [0.3, 0.4) is 0 Å². The van der Waals surface area contributed by atoms with E-state index < -0.39 is 0 Å². The van der Waals surface area contributed by atoms with Crippen LogP contribution in [0.5, 0.6) is 0 Å². The molecule has 0 saturated carbocycles. The van der Waals surface area contributed by atoms with Crippen LogP contribution in [0.1, 0.15) is 16.2 Å². The number of ether oxygens (including phenoxy) is 1.